The van der Waals surface area contributed by atoms with Gasteiger partial charge in [-0.2, -0.15) is 4.31 Å². The molecule has 0 amide bonds. The molecule has 1 aromatic carbocycles. The SMILES string of the molecule is CN[C@H]1CN(CCCOC)S(=O)(=O)c2sc(S(=O)(=O)NS(=O)(=O)c3ccc(C)cc3)cc21. The molecule has 2 N–H and O–H groups in total. The van der Waals surface area contributed by atoms with Crippen LogP contribution in [0.3, 0.4) is 0 Å². The van der Waals surface area contributed by atoms with Gasteiger partial charge in [0.2, 0.25) is 0 Å². The van der Waals surface area contributed by atoms with Crippen molar-refractivity contribution >= 4 is 41.4 Å². The minimum absolute atomic E-state index is 0.117. The highest BCUT2D eigenvalue weighted by Gasteiger charge is 2.40. The second-order valence-electron chi connectivity index (χ2n) is 7.26. The molecule has 0 spiro atoms. The van der Waals surface area contributed by atoms with Crippen molar-refractivity contribution < 1.29 is 30.0 Å². The van der Waals surface area contributed by atoms with Crippen molar-refractivity contribution in [2.24, 2.45) is 0 Å². The summed E-state index contributed by atoms with van der Waals surface area (Å²) in [6, 6.07) is 6.47. The van der Waals surface area contributed by atoms with E-state index in [1.807, 2.05) is 0 Å². The minimum Gasteiger partial charge on any atom is -0.385 e. The molecule has 0 bridgehead atoms. The van der Waals surface area contributed by atoms with Crippen LogP contribution >= 0.6 is 11.3 Å². The molecule has 10 nitrogen and oxygen atoms in total. The highest BCUT2D eigenvalue weighted by molar-refractivity contribution is 8.05. The number of nitrogens with zero attached hydrogens (tertiary/aromatic N) is 1. The fraction of sp³-hybridized carbons (Fsp3) is 0.444. The first-order chi connectivity index (χ1) is 14.9. The Hall–Kier alpha value is -1.39. The predicted octanol–water partition coefficient (Wildman–Crippen LogP) is 1.03. The summed E-state index contributed by atoms with van der Waals surface area (Å²) in [6.07, 6.45) is 0.481. The quantitative estimate of drug-likeness (QED) is 0.465. The van der Waals surface area contributed by atoms with Crippen molar-refractivity contribution in [3.05, 3.63) is 41.5 Å². The Bertz CT molecular complexity index is 1280. The summed E-state index contributed by atoms with van der Waals surface area (Å²) < 4.78 is 84.5. The van der Waals surface area contributed by atoms with E-state index in [9.17, 15) is 25.3 Å². The number of aryl methyl sites for hydroxylation is 1. The minimum atomic E-state index is -4.54. The average molecular weight is 524 g/mol. The lowest BCUT2D eigenvalue weighted by Gasteiger charge is -2.31. The van der Waals surface area contributed by atoms with Crippen LogP contribution in [0.1, 0.15) is 23.6 Å². The van der Waals surface area contributed by atoms with Crippen LogP contribution < -0.4 is 9.44 Å². The lowest BCUT2D eigenvalue weighted by atomic mass is 10.1. The molecule has 0 radical (unpaired) electrons. The van der Waals surface area contributed by atoms with Crippen LogP contribution in [0.15, 0.2) is 43.6 Å². The Morgan fingerprint density at radius 1 is 1.16 bits per heavy atom. The number of benzene rings is 1. The molecule has 0 saturated heterocycles. The summed E-state index contributed by atoms with van der Waals surface area (Å²) in [4.78, 5) is -0.210. The molecule has 14 heteroatoms. The van der Waals surface area contributed by atoms with Gasteiger partial charge in [0.1, 0.15) is 8.42 Å². The van der Waals surface area contributed by atoms with Gasteiger partial charge in [-0.15, -0.1) is 11.3 Å². The van der Waals surface area contributed by atoms with Gasteiger partial charge in [-0.3, -0.25) is 0 Å². The summed E-state index contributed by atoms with van der Waals surface area (Å²) in [5.41, 5.74) is 1.12. The maximum atomic E-state index is 13.1. The standard InChI is InChI=1S/C18H25N3O7S4/c1-13-5-7-14(8-6-13)30(22,23)20-31(24,25)17-11-15-16(19-2)12-21(9-4-10-28-3)32(26,27)18(15)29-17/h5-8,11,16,19-20H,4,9-10,12H2,1-3H3/t16-/m0/s1. The molecule has 1 aromatic heterocycles. The molecule has 0 saturated carbocycles. The average Bonchev–Trinajstić information content (AvgIpc) is 3.17. The van der Waals surface area contributed by atoms with E-state index >= 15 is 0 Å². The van der Waals surface area contributed by atoms with Crippen LogP contribution in [-0.2, 0) is 34.8 Å². The number of hydrogen-bond donors (Lipinski definition) is 2. The smallest absolute Gasteiger partial charge is 0.263 e. The lowest BCUT2D eigenvalue weighted by molar-refractivity contribution is 0.185. The Morgan fingerprint density at radius 2 is 1.81 bits per heavy atom. The van der Waals surface area contributed by atoms with Gasteiger partial charge in [-0.1, -0.05) is 21.8 Å². The van der Waals surface area contributed by atoms with Crippen molar-refractivity contribution in [2.45, 2.75) is 32.7 Å². The van der Waals surface area contributed by atoms with Crippen LogP contribution in [0, 0.1) is 6.92 Å². The Morgan fingerprint density at radius 3 is 2.41 bits per heavy atom. The van der Waals surface area contributed by atoms with E-state index in [1.54, 1.807) is 30.2 Å². The normalized spacial score (nSPS) is 19.0. The van der Waals surface area contributed by atoms with Crippen molar-refractivity contribution in [3.63, 3.8) is 0 Å². The first-order valence-electron chi connectivity index (χ1n) is 9.58. The van der Waals surface area contributed by atoms with Gasteiger partial charge < -0.3 is 10.1 Å². The van der Waals surface area contributed by atoms with E-state index in [0.29, 0.717) is 29.9 Å². The van der Waals surface area contributed by atoms with E-state index < -0.39 is 36.1 Å². The van der Waals surface area contributed by atoms with Gasteiger partial charge in [0, 0.05) is 38.4 Å². The second-order valence-corrected chi connectivity index (χ2v) is 14.3. The summed E-state index contributed by atoms with van der Waals surface area (Å²) >= 11 is 0.534. The topological polar surface area (TPSA) is 139 Å². The number of fused-ring (bicyclic) bond motifs is 1. The molecule has 32 heavy (non-hydrogen) atoms. The van der Waals surface area contributed by atoms with Gasteiger partial charge in [-0.25, -0.2) is 25.3 Å². The van der Waals surface area contributed by atoms with Gasteiger partial charge >= 0.3 is 0 Å². The molecule has 1 aliphatic rings. The summed E-state index contributed by atoms with van der Waals surface area (Å²) in [5, 5.41) is 3.00. The number of sulfonamides is 3. The monoisotopic (exact) mass is 523 g/mol. The summed E-state index contributed by atoms with van der Waals surface area (Å²) in [6.45, 7) is 2.50. The van der Waals surface area contributed by atoms with Gasteiger partial charge in [0.25, 0.3) is 30.1 Å². The molecule has 1 atom stereocenters. The number of rotatable bonds is 9. The maximum Gasteiger partial charge on any atom is 0.263 e. The van der Waals surface area contributed by atoms with Gasteiger partial charge in [0.15, 0.2) is 0 Å². The van der Waals surface area contributed by atoms with E-state index in [0.717, 1.165) is 5.56 Å². The molecule has 178 valence electrons. The number of hydrogen-bond acceptors (Lipinski definition) is 9. The van der Waals surface area contributed by atoms with E-state index in [-0.39, 0.29) is 26.4 Å². The van der Waals surface area contributed by atoms with Crippen LogP contribution in [0.5, 0.6) is 0 Å². The second kappa shape index (κ2) is 9.46. The highest BCUT2D eigenvalue weighted by Crippen LogP contribution is 2.40. The molecule has 2 aromatic rings. The van der Waals surface area contributed by atoms with Crippen molar-refractivity contribution in [2.75, 3.05) is 33.9 Å². The third-order valence-corrected chi connectivity index (χ3v) is 12.5. The third kappa shape index (κ3) is 5.07. The first kappa shape index (κ1) is 25.2. The molecule has 3 rings (SSSR count). The van der Waals surface area contributed by atoms with Crippen LogP contribution in [0.25, 0.3) is 0 Å². The largest absolute Gasteiger partial charge is 0.385 e. The molecule has 0 fully saturated rings. The van der Waals surface area contributed by atoms with Gasteiger partial charge in [0.05, 0.1) is 4.90 Å². The van der Waals surface area contributed by atoms with Crippen LogP contribution in [0.2, 0.25) is 0 Å². The van der Waals surface area contributed by atoms with E-state index in [1.165, 1.54) is 29.6 Å². The van der Waals surface area contributed by atoms with E-state index in [4.69, 9.17) is 4.74 Å². The maximum absolute atomic E-state index is 13.1. The van der Waals surface area contributed by atoms with Crippen LogP contribution in [0.4, 0.5) is 0 Å². The predicted molar refractivity (Wildman–Crippen MR) is 120 cm³/mol. The number of thiophene rings is 1. The highest BCUT2D eigenvalue weighted by atomic mass is 32.3. The number of likely N-dealkylation sites (N-methyl/N-ethyl adjacent to an activating group) is 1. The Kier molecular flexibility index (Phi) is 7.46. The lowest BCUT2D eigenvalue weighted by Crippen LogP contribution is -2.43. The zero-order chi connectivity index (χ0) is 23.7. The van der Waals surface area contributed by atoms with Gasteiger partial charge in [-0.05, 0) is 38.6 Å². The van der Waals surface area contributed by atoms with Crippen molar-refractivity contribution in [1.29, 1.82) is 0 Å². The third-order valence-electron chi connectivity index (χ3n) is 4.96. The fourth-order valence-electron chi connectivity index (χ4n) is 3.25. The zero-order valence-corrected chi connectivity index (χ0v) is 21.0. The van der Waals surface area contributed by atoms with Crippen molar-refractivity contribution in [3.8, 4) is 0 Å². The number of ether oxygens (including phenoxy) is 1. The molecule has 2 heterocycles. The molecule has 0 aliphatic carbocycles. The van der Waals surface area contributed by atoms with Crippen molar-refractivity contribution in [1.82, 2.24) is 13.7 Å². The zero-order valence-electron chi connectivity index (χ0n) is 17.7. The summed E-state index contributed by atoms with van der Waals surface area (Å²) in [5.74, 6) is 0. The molecule has 1 aliphatic heterocycles. The number of methoxy groups -OCH3 is 1. The van der Waals surface area contributed by atoms with Crippen LogP contribution in [-0.4, -0.2) is 63.4 Å². The fourth-order valence-corrected chi connectivity index (χ4v) is 10.2. The van der Waals surface area contributed by atoms with E-state index in [2.05, 4.69) is 5.32 Å². The first-order valence-corrected chi connectivity index (χ1v) is 14.8. The molecule has 0 unspecified atom stereocenters. The Balaban J connectivity index is 1.96. The Labute approximate surface area is 192 Å². The molecular formula is C18H25N3O7S4. The number of nitrogens with one attached hydrogen (secondary N) is 2. The summed E-state index contributed by atoms with van der Waals surface area (Å²) in [7, 11) is -9.69. The molecular weight excluding hydrogens is 498 g/mol.